The van der Waals surface area contributed by atoms with Crippen LogP contribution < -0.4 is 5.32 Å². The average Bonchev–Trinajstić information content (AvgIpc) is 2.44. The van der Waals surface area contributed by atoms with E-state index in [1.165, 1.54) is 27.8 Å². The van der Waals surface area contributed by atoms with Crippen molar-refractivity contribution in [2.45, 2.75) is 33.5 Å². The summed E-state index contributed by atoms with van der Waals surface area (Å²) in [4.78, 5) is 2.21. The monoisotopic (exact) mass is 282 g/mol. The molecule has 0 aliphatic rings. The second kappa shape index (κ2) is 7.39. The Morgan fingerprint density at radius 3 is 2.24 bits per heavy atom. The lowest BCUT2D eigenvalue weighted by molar-refractivity contribution is 0.400. The van der Waals surface area contributed by atoms with Crippen molar-refractivity contribution in [2.75, 3.05) is 14.1 Å². The minimum Gasteiger partial charge on any atom is -0.309 e. The molecule has 112 valence electrons. The Morgan fingerprint density at radius 1 is 0.857 bits per heavy atom. The van der Waals surface area contributed by atoms with E-state index in [-0.39, 0.29) is 0 Å². The maximum atomic E-state index is 3.58. The van der Waals surface area contributed by atoms with Gasteiger partial charge in [0.05, 0.1) is 0 Å². The second-order valence-corrected chi connectivity index (χ2v) is 6.04. The first-order chi connectivity index (χ1) is 10.1. The van der Waals surface area contributed by atoms with Crippen molar-refractivity contribution in [1.29, 1.82) is 0 Å². The first-order valence-electron chi connectivity index (χ1n) is 7.54. The molecular formula is C19H26N2. The van der Waals surface area contributed by atoms with Gasteiger partial charge in [0.1, 0.15) is 0 Å². The number of aryl methyl sites for hydroxylation is 2. The molecule has 0 aliphatic heterocycles. The van der Waals surface area contributed by atoms with E-state index in [0.717, 1.165) is 19.6 Å². The fourth-order valence-electron chi connectivity index (χ4n) is 2.55. The van der Waals surface area contributed by atoms with Crippen molar-refractivity contribution in [3.05, 3.63) is 70.3 Å². The highest BCUT2D eigenvalue weighted by molar-refractivity contribution is 5.31. The molecule has 0 spiro atoms. The van der Waals surface area contributed by atoms with Crippen LogP contribution in [0.3, 0.4) is 0 Å². The summed E-state index contributed by atoms with van der Waals surface area (Å²) < 4.78 is 0. The van der Waals surface area contributed by atoms with Crippen molar-refractivity contribution in [1.82, 2.24) is 10.2 Å². The van der Waals surface area contributed by atoms with Crippen LogP contribution in [-0.4, -0.2) is 19.0 Å². The molecule has 0 unspecified atom stereocenters. The fourth-order valence-corrected chi connectivity index (χ4v) is 2.55. The van der Waals surface area contributed by atoms with E-state index in [2.05, 4.69) is 80.6 Å². The summed E-state index contributed by atoms with van der Waals surface area (Å²) in [7, 11) is 4.22. The van der Waals surface area contributed by atoms with Gasteiger partial charge in [0, 0.05) is 19.6 Å². The minimum atomic E-state index is 0.914. The number of hydrogen-bond acceptors (Lipinski definition) is 2. The van der Waals surface area contributed by atoms with Gasteiger partial charge in [0.15, 0.2) is 0 Å². The van der Waals surface area contributed by atoms with E-state index in [9.17, 15) is 0 Å². The third kappa shape index (κ3) is 4.69. The maximum absolute atomic E-state index is 3.58. The molecule has 0 saturated heterocycles. The molecular weight excluding hydrogens is 256 g/mol. The van der Waals surface area contributed by atoms with Gasteiger partial charge in [0.25, 0.3) is 0 Å². The molecule has 21 heavy (non-hydrogen) atoms. The molecule has 0 aliphatic carbocycles. The summed E-state index contributed by atoms with van der Waals surface area (Å²) in [6, 6.07) is 15.3. The zero-order chi connectivity index (χ0) is 15.2. The van der Waals surface area contributed by atoms with Crippen molar-refractivity contribution in [2.24, 2.45) is 0 Å². The van der Waals surface area contributed by atoms with Gasteiger partial charge in [-0.15, -0.1) is 0 Å². The van der Waals surface area contributed by atoms with Crippen LogP contribution in [0.2, 0.25) is 0 Å². The van der Waals surface area contributed by atoms with Crippen molar-refractivity contribution in [3.63, 3.8) is 0 Å². The SMILES string of the molecule is Cc1ccc(C)c(CNCc2ccccc2CN(C)C)c1. The molecule has 2 nitrogen and oxygen atoms in total. The smallest absolute Gasteiger partial charge is 0.0230 e. The summed E-state index contributed by atoms with van der Waals surface area (Å²) in [6.45, 7) is 7.15. The lowest BCUT2D eigenvalue weighted by Gasteiger charge is -2.15. The Bertz CT molecular complexity index is 588. The quantitative estimate of drug-likeness (QED) is 0.870. The predicted molar refractivity (Wildman–Crippen MR) is 90.3 cm³/mol. The first kappa shape index (κ1) is 15.7. The molecule has 0 bridgehead atoms. The third-order valence-corrected chi connectivity index (χ3v) is 3.74. The first-order valence-corrected chi connectivity index (χ1v) is 7.54. The Morgan fingerprint density at radius 2 is 1.52 bits per heavy atom. The van der Waals surface area contributed by atoms with Crippen molar-refractivity contribution in [3.8, 4) is 0 Å². The van der Waals surface area contributed by atoms with Gasteiger partial charge < -0.3 is 10.2 Å². The number of nitrogens with one attached hydrogen (secondary N) is 1. The molecule has 0 aromatic heterocycles. The van der Waals surface area contributed by atoms with Gasteiger partial charge in [-0.1, -0.05) is 48.0 Å². The van der Waals surface area contributed by atoms with Crippen LogP contribution in [0.5, 0.6) is 0 Å². The van der Waals surface area contributed by atoms with Crippen LogP contribution in [0.15, 0.2) is 42.5 Å². The molecule has 0 heterocycles. The van der Waals surface area contributed by atoms with Crippen LogP contribution in [0.25, 0.3) is 0 Å². The van der Waals surface area contributed by atoms with Gasteiger partial charge in [-0.2, -0.15) is 0 Å². The molecule has 0 amide bonds. The summed E-state index contributed by atoms with van der Waals surface area (Å²) in [6.07, 6.45) is 0. The van der Waals surface area contributed by atoms with Crippen LogP contribution in [0, 0.1) is 13.8 Å². The molecule has 0 radical (unpaired) electrons. The highest BCUT2D eigenvalue weighted by Gasteiger charge is 2.04. The van der Waals surface area contributed by atoms with Gasteiger partial charge in [0.2, 0.25) is 0 Å². The van der Waals surface area contributed by atoms with Crippen LogP contribution >= 0.6 is 0 Å². The summed E-state index contributed by atoms with van der Waals surface area (Å²) in [5.74, 6) is 0. The Hall–Kier alpha value is -1.64. The van der Waals surface area contributed by atoms with Gasteiger partial charge in [-0.05, 0) is 50.2 Å². The lowest BCUT2D eigenvalue weighted by atomic mass is 10.0. The van der Waals surface area contributed by atoms with Crippen LogP contribution in [0.1, 0.15) is 27.8 Å². The number of hydrogen-bond donors (Lipinski definition) is 1. The average molecular weight is 282 g/mol. The number of rotatable bonds is 6. The predicted octanol–water partition coefficient (Wildman–Crippen LogP) is 3.65. The van der Waals surface area contributed by atoms with Gasteiger partial charge in [-0.3, -0.25) is 0 Å². The van der Waals surface area contributed by atoms with E-state index < -0.39 is 0 Å². The van der Waals surface area contributed by atoms with Crippen LogP contribution in [-0.2, 0) is 19.6 Å². The fraction of sp³-hybridized carbons (Fsp3) is 0.368. The zero-order valence-corrected chi connectivity index (χ0v) is 13.6. The van der Waals surface area contributed by atoms with Gasteiger partial charge in [-0.25, -0.2) is 0 Å². The van der Waals surface area contributed by atoms with Crippen molar-refractivity contribution >= 4 is 0 Å². The maximum Gasteiger partial charge on any atom is 0.0230 e. The Labute approximate surface area is 128 Å². The Kier molecular flexibility index (Phi) is 5.54. The largest absolute Gasteiger partial charge is 0.309 e. The molecule has 0 fully saturated rings. The van der Waals surface area contributed by atoms with E-state index in [1.54, 1.807) is 0 Å². The van der Waals surface area contributed by atoms with Crippen molar-refractivity contribution < 1.29 is 0 Å². The highest BCUT2D eigenvalue weighted by Crippen LogP contribution is 2.13. The highest BCUT2D eigenvalue weighted by atomic mass is 15.0. The molecule has 2 rings (SSSR count). The van der Waals surface area contributed by atoms with E-state index in [1.807, 2.05) is 0 Å². The molecule has 0 saturated carbocycles. The standard InChI is InChI=1S/C19H26N2/c1-15-9-10-16(2)19(11-15)13-20-12-17-7-5-6-8-18(17)14-21(3)4/h5-11,20H,12-14H2,1-4H3. The molecule has 0 atom stereocenters. The van der Waals surface area contributed by atoms with Gasteiger partial charge >= 0.3 is 0 Å². The minimum absolute atomic E-state index is 0.914. The van der Waals surface area contributed by atoms with Crippen LogP contribution in [0.4, 0.5) is 0 Å². The number of nitrogens with zero attached hydrogens (tertiary/aromatic N) is 1. The topological polar surface area (TPSA) is 15.3 Å². The normalized spacial score (nSPS) is 11.1. The van der Waals surface area contributed by atoms with E-state index in [0.29, 0.717) is 0 Å². The van der Waals surface area contributed by atoms with E-state index in [4.69, 9.17) is 0 Å². The molecule has 2 aromatic carbocycles. The zero-order valence-electron chi connectivity index (χ0n) is 13.6. The third-order valence-electron chi connectivity index (χ3n) is 3.74. The summed E-state index contributed by atoms with van der Waals surface area (Å²) in [5.41, 5.74) is 6.85. The molecule has 2 aromatic rings. The number of benzene rings is 2. The summed E-state index contributed by atoms with van der Waals surface area (Å²) >= 11 is 0. The summed E-state index contributed by atoms with van der Waals surface area (Å²) in [5, 5.41) is 3.58. The Balaban J connectivity index is 1.99. The lowest BCUT2D eigenvalue weighted by Crippen LogP contribution is -2.17. The van der Waals surface area contributed by atoms with E-state index >= 15 is 0 Å². The molecule has 2 heteroatoms. The molecule has 1 N–H and O–H groups in total. The second-order valence-electron chi connectivity index (χ2n) is 6.04.